The van der Waals surface area contributed by atoms with Gasteiger partial charge in [0, 0.05) is 48.4 Å². The maximum Gasteiger partial charge on any atom is 0.246 e. The topological polar surface area (TPSA) is 104 Å². The van der Waals surface area contributed by atoms with E-state index in [9.17, 15) is 14.7 Å². The molecule has 2 aliphatic rings. The Morgan fingerprint density at radius 2 is 1.94 bits per heavy atom. The Morgan fingerprint density at radius 1 is 1.14 bits per heavy atom. The van der Waals surface area contributed by atoms with Crippen LogP contribution in [0.1, 0.15) is 36.7 Å². The first-order valence-electron chi connectivity index (χ1n) is 17.0. The summed E-state index contributed by atoms with van der Waals surface area (Å²) in [6.07, 6.45) is 1.18. The van der Waals surface area contributed by atoms with Crippen molar-refractivity contribution in [3.63, 3.8) is 0 Å². The van der Waals surface area contributed by atoms with Gasteiger partial charge in [-0.05, 0) is 80.2 Å². The molecule has 0 radical (unpaired) electrons. The molecule has 264 valence electrons. The van der Waals surface area contributed by atoms with E-state index in [4.69, 9.17) is 14.8 Å². The maximum atomic E-state index is 16.2. The van der Waals surface area contributed by atoms with E-state index in [1.807, 2.05) is 42.2 Å². The Hall–Kier alpha value is -4.91. The van der Waals surface area contributed by atoms with Gasteiger partial charge >= 0.3 is 0 Å². The van der Waals surface area contributed by atoms with Crippen molar-refractivity contribution in [2.24, 2.45) is 0 Å². The van der Waals surface area contributed by atoms with Crippen molar-refractivity contribution in [2.45, 2.75) is 51.5 Å². The standard InChI is InChI=1S/C39H41FN6O4S/c1-7-33(48)45-14-15-46-30(23(45)3)19-29(42-46)37-35(34-28(40)9-8-10-32(34)50-21-22(2)47)38-27(13-16-51-38)36(41-37)25-12-11-24-18-31(39(49)43(4)5)44(6)20-26(24)17-25/h7-13,16-17,19,22-23,31,47H,1,14-15,18,20-21H2,2-6H3/t22-,23-,31+/m1/s1. The number of carbonyl (C=O) groups is 2. The van der Waals surface area contributed by atoms with Gasteiger partial charge in [0.2, 0.25) is 11.8 Å². The largest absolute Gasteiger partial charge is 0.490 e. The molecule has 0 aliphatic carbocycles. The lowest BCUT2D eigenvalue weighted by molar-refractivity contribution is -0.134. The van der Waals surface area contributed by atoms with Crippen LogP contribution in [0.15, 0.2) is 66.6 Å². The zero-order valence-corrected chi connectivity index (χ0v) is 30.2. The van der Waals surface area contributed by atoms with Crippen molar-refractivity contribution < 1.29 is 23.8 Å². The van der Waals surface area contributed by atoms with Gasteiger partial charge in [-0.25, -0.2) is 9.37 Å². The van der Waals surface area contributed by atoms with E-state index in [1.165, 1.54) is 23.5 Å². The van der Waals surface area contributed by atoms with Crippen LogP contribution in [-0.4, -0.2) is 92.8 Å². The van der Waals surface area contributed by atoms with Crippen molar-refractivity contribution in [1.29, 1.82) is 0 Å². The lowest BCUT2D eigenvalue weighted by atomic mass is 9.90. The van der Waals surface area contributed by atoms with Crippen LogP contribution < -0.4 is 4.74 Å². The van der Waals surface area contributed by atoms with Crippen LogP contribution in [0.2, 0.25) is 0 Å². The first kappa shape index (κ1) is 34.5. The number of hydrogen-bond donors (Lipinski definition) is 1. The molecule has 0 saturated carbocycles. The molecule has 51 heavy (non-hydrogen) atoms. The number of likely N-dealkylation sites (N-methyl/N-ethyl adjacent to an activating group) is 2. The molecule has 12 heteroatoms. The minimum atomic E-state index is -0.759. The van der Waals surface area contributed by atoms with Gasteiger partial charge in [0.25, 0.3) is 0 Å². The molecule has 0 spiro atoms. The molecule has 3 atom stereocenters. The third kappa shape index (κ3) is 6.21. The van der Waals surface area contributed by atoms with Gasteiger partial charge in [-0.3, -0.25) is 19.2 Å². The molecule has 3 aromatic heterocycles. The smallest absolute Gasteiger partial charge is 0.246 e. The van der Waals surface area contributed by atoms with Crippen molar-refractivity contribution in [3.8, 4) is 39.5 Å². The highest BCUT2D eigenvalue weighted by molar-refractivity contribution is 7.18. The lowest BCUT2D eigenvalue weighted by Gasteiger charge is -2.34. The summed E-state index contributed by atoms with van der Waals surface area (Å²) >= 11 is 1.49. The predicted octanol–water partition coefficient (Wildman–Crippen LogP) is 5.93. The Labute approximate surface area is 300 Å². The zero-order valence-electron chi connectivity index (χ0n) is 29.4. The highest BCUT2D eigenvalue weighted by Crippen LogP contribution is 2.47. The number of rotatable bonds is 8. The van der Waals surface area contributed by atoms with Gasteiger partial charge in [0.15, 0.2) is 0 Å². The summed E-state index contributed by atoms with van der Waals surface area (Å²) in [6.45, 7) is 8.80. The van der Waals surface area contributed by atoms with E-state index >= 15 is 4.39 Å². The second kappa shape index (κ2) is 13.7. The minimum absolute atomic E-state index is 0.0150. The summed E-state index contributed by atoms with van der Waals surface area (Å²) < 4.78 is 24.9. The van der Waals surface area contributed by atoms with Crippen LogP contribution >= 0.6 is 11.3 Å². The second-order valence-electron chi connectivity index (χ2n) is 13.6. The molecule has 2 aromatic carbocycles. The number of aromatic nitrogens is 3. The molecule has 1 N–H and O–H groups in total. The molecular weight excluding hydrogens is 668 g/mol. The SMILES string of the molecule is C=CC(=O)N1CCn2nc(-c3nc(-c4ccc5c(c4)CN(C)[C@H](C(=O)N(C)C)C5)c4ccsc4c3-c3c(F)cccc3OC[C@@H](C)O)cc2[C@H]1C. The molecule has 2 amide bonds. The summed E-state index contributed by atoms with van der Waals surface area (Å²) in [5.74, 6) is -0.269. The molecule has 10 nitrogen and oxygen atoms in total. The first-order valence-corrected chi connectivity index (χ1v) is 17.9. The lowest BCUT2D eigenvalue weighted by Crippen LogP contribution is -2.48. The molecule has 5 heterocycles. The number of aliphatic hydroxyl groups excluding tert-OH is 1. The van der Waals surface area contributed by atoms with Gasteiger partial charge in [0.1, 0.15) is 29.6 Å². The van der Waals surface area contributed by atoms with E-state index in [0.717, 1.165) is 38.2 Å². The number of fused-ring (bicyclic) bond motifs is 3. The zero-order chi connectivity index (χ0) is 36.1. The molecule has 0 bridgehead atoms. The highest BCUT2D eigenvalue weighted by Gasteiger charge is 2.33. The number of benzene rings is 2. The predicted molar refractivity (Wildman–Crippen MR) is 197 cm³/mol. The Morgan fingerprint density at radius 3 is 2.69 bits per heavy atom. The summed E-state index contributed by atoms with van der Waals surface area (Å²) in [5.41, 5.74) is 6.52. The fourth-order valence-electron chi connectivity index (χ4n) is 7.21. The van der Waals surface area contributed by atoms with Crippen molar-refractivity contribution >= 4 is 33.2 Å². The number of aliphatic hydroxyl groups is 1. The van der Waals surface area contributed by atoms with Crippen molar-refractivity contribution in [1.82, 2.24) is 29.5 Å². The van der Waals surface area contributed by atoms with Crippen molar-refractivity contribution in [3.05, 3.63) is 89.2 Å². The number of amides is 2. The summed E-state index contributed by atoms with van der Waals surface area (Å²) in [5, 5.41) is 17.9. The Balaban J connectivity index is 1.43. The van der Waals surface area contributed by atoms with Gasteiger partial charge in [-0.15, -0.1) is 11.3 Å². The highest BCUT2D eigenvalue weighted by atomic mass is 32.1. The number of nitrogens with zero attached hydrogens (tertiary/aromatic N) is 6. The summed E-state index contributed by atoms with van der Waals surface area (Å²) in [4.78, 5) is 36.4. The average molecular weight is 709 g/mol. The third-order valence-corrected chi connectivity index (χ3v) is 10.8. The first-order chi connectivity index (χ1) is 24.5. The number of ether oxygens (including phenoxy) is 1. The van der Waals surface area contributed by atoms with Crippen LogP contribution in [0.4, 0.5) is 4.39 Å². The maximum absolute atomic E-state index is 16.2. The van der Waals surface area contributed by atoms with Gasteiger partial charge in [-0.1, -0.05) is 24.8 Å². The van der Waals surface area contributed by atoms with Crippen LogP contribution in [0.5, 0.6) is 5.75 Å². The van der Waals surface area contributed by atoms with E-state index in [2.05, 4.69) is 23.6 Å². The number of halogens is 1. The quantitative estimate of drug-likeness (QED) is 0.200. The van der Waals surface area contributed by atoms with Gasteiger partial charge in [0.05, 0.1) is 41.7 Å². The number of hydrogen-bond acceptors (Lipinski definition) is 8. The van der Waals surface area contributed by atoms with Crippen LogP contribution in [0, 0.1) is 5.82 Å². The Kier molecular flexibility index (Phi) is 9.25. The van der Waals surface area contributed by atoms with Crippen LogP contribution in [0.3, 0.4) is 0 Å². The van der Waals surface area contributed by atoms with Crippen LogP contribution in [-0.2, 0) is 29.1 Å². The number of carbonyl (C=O) groups excluding carboxylic acids is 2. The molecular formula is C39H41FN6O4S. The van der Waals surface area contributed by atoms with Crippen LogP contribution in [0.25, 0.3) is 43.9 Å². The molecule has 0 fully saturated rings. The monoisotopic (exact) mass is 708 g/mol. The van der Waals surface area contributed by atoms with E-state index < -0.39 is 11.9 Å². The summed E-state index contributed by atoms with van der Waals surface area (Å²) in [7, 11) is 5.54. The van der Waals surface area contributed by atoms with E-state index in [0.29, 0.717) is 48.8 Å². The molecule has 7 rings (SSSR count). The Bertz CT molecular complexity index is 2170. The second-order valence-corrected chi connectivity index (χ2v) is 14.5. The fraction of sp³-hybridized carbons (Fsp3) is 0.333. The molecule has 2 aliphatic heterocycles. The van der Waals surface area contributed by atoms with Gasteiger partial charge < -0.3 is 19.6 Å². The van der Waals surface area contributed by atoms with Gasteiger partial charge in [-0.2, -0.15) is 5.10 Å². The fourth-order valence-corrected chi connectivity index (χ4v) is 8.16. The molecule has 0 saturated heterocycles. The molecule has 0 unspecified atom stereocenters. The number of pyridine rings is 1. The normalized spacial score (nSPS) is 17.9. The number of thiophene rings is 1. The third-order valence-electron chi connectivity index (χ3n) is 9.84. The minimum Gasteiger partial charge on any atom is -0.490 e. The summed E-state index contributed by atoms with van der Waals surface area (Å²) in [6, 6.07) is 14.4. The average Bonchev–Trinajstić information content (AvgIpc) is 3.78. The molecule has 5 aromatic rings. The van der Waals surface area contributed by atoms with E-state index in [1.54, 1.807) is 43.0 Å². The van der Waals surface area contributed by atoms with Crippen molar-refractivity contribution in [2.75, 3.05) is 34.3 Å². The van der Waals surface area contributed by atoms with E-state index in [-0.39, 0.29) is 36.1 Å².